The minimum absolute atomic E-state index is 0.0161. The van der Waals surface area contributed by atoms with Gasteiger partial charge in [0, 0.05) is 17.1 Å². The number of hydrogen-bond acceptors (Lipinski definition) is 3. The molecule has 2 rings (SSSR count). The van der Waals surface area contributed by atoms with Gasteiger partial charge in [-0.1, -0.05) is 36.4 Å². The van der Waals surface area contributed by atoms with E-state index in [-0.39, 0.29) is 5.91 Å². The van der Waals surface area contributed by atoms with Crippen molar-refractivity contribution in [3.63, 3.8) is 0 Å². The van der Waals surface area contributed by atoms with Crippen LogP contribution in [0.5, 0.6) is 0 Å². The van der Waals surface area contributed by atoms with Crippen molar-refractivity contribution < 1.29 is 4.79 Å². The first-order valence-corrected chi connectivity index (χ1v) is 7.48. The van der Waals surface area contributed by atoms with Crippen LogP contribution in [-0.4, -0.2) is 18.7 Å². The highest BCUT2D eigenvalue weighted by atomic mass is 32.2. The van der Waals surface area contributed by atoms with Crippen LogP contribution < -0.4 is 10.6 Å². The highest BCUT2D eigenvalue weighted by Crippen LogP contribution is 2.19. The number of amides is 1. The Labute approximate surface area is 123 Å². The Kier molecular flexibility index (Phi) is 5.65. The lowest BCUT2D eigenvalue weighted by atomic mass is 10.2. The van der Waals surface area contributed by atoms with E-state index in [1.165, 1.54) is 11.8 Å². The van der Waals surface area contributed by atoms with E-state index in [4.69, 9.17) is 0 Å². The van der Waals surface area contributed by atoms with Gasteiger partial charge in [-0.2, -0.15) is 0 Å². The van der Waals surface area contributed by atoms with Crippen molar-refractivity contribution >= 4 is 23.4 Å². The van der Waals surface area contributed by atoms with Crippen molar-refractivity contribution in [3.8, 4) is 0 Å². The third-order valence-corrected chi connectivity index (χ3v) is 3.78. The highest BCUT2D eigenvalue weighted by molar-refractivity contribution is 8.00. The Morgan fingerprint density at radius 2 is 1.75 bits per heavy atom. The molecule has 0 aliphatic carbocycles. The van der Waals surface area contributed by atoms with Gasteiger partial charge in [-0.25, -0.2) is 0 Å². The summed E-state index contributed by atoms with van der Waals surface area (Å²) in [4.78, 5) is 13.1. The quantitative estimate of drug-likeness (QED) is 0.802. The lowest BCUT2D eigenvalue weighted by Crippen LogP contribution is -2.16. The first kappa shape index (κ1) is 14.6. The molecule has 20 heavy (non-hydrogen) atoms. The average molecular weight is 286 g/mol. The fourth-order valence-electron chi connectivity index (χ4n) is 1.84. The predicted octanol–water partition coefficient (Wildman–Crippen LogP) is 3.14. The zero-order valence-electron chi connectivity index (χ0n) is 11.4. The molecule has 2 N–H and O–H groups in total. The van der Waals surface area contributed by atoms with Crippen LogP contribution in [0.1, 0.15) is 5.56 Å². The maximum Gasteiger partial charge on any atom is 0.234 e. The molecule has 4 heteroatoms. The summed E-state index contributed by atoms with van der Waals surface area (Å²) in [6, 6.07) is 17.8. The SMILES string of the molecule is CNCc1ccccc1NC(=O)CSc1ccccc1. The molecule has 0 saturated heterocycles. The predicted molar refractivity (Wildman–Crippen MR) is 85.0 cm³/mol. The minimum Gasteiger partial charge on any atom is -0.325 e. The Morgan fingerprint density at radius 3 is 2.50 bits per heavy atom. The summed E-state index contributed by atoms with van der Waals surface area (Å²) in [5, 5.41) is 6.06. The third-order valence-electron chi connectivity index (χ3n) is 2.77. The molecule has 0 radical (unpaired) electrons. The van der Waals surface area contributed by atoms with Gasteiger partial charge in [-0.3, -0.25) is 4.79 Å². The van der Waals surface area contributed by atoms with Gasteiger partial charge in [-0.05, 0) is 30.8 Å². The zero-order chi connectivity index (χ0) is 14.2. The largest absolute Gasteiger partial charge is 0.325 e. The topological polar surface area (TPSA) is 41.1 Å². The molecule has 2 aromatic rings. The van der Waals surface area contributed by atoms with E-state index in [0.29, 0.717) is 5.75 Å². The van der Waals surface area contributed by atoms with Crippen LogP contribution in [0.2, 0.25) is 0 Å². The minimum atomic E-state index is 0.0161. The second-order valence-electron chi connectivity index (χ2n) is 4.34. The second-order valence-corrected chi connectivity index (χ2v) is 5.39. The molecule has 0 aliphatic rings. The van der Waals surface area contributed by atoms with Crippen LogP contribution in [0.15, 0.2) is 59.5 Å². The molecule has 0 fully saturated rings. The number of carbonyl (C=O) groups is 1. The van der Waals surface area contributed by atoms with Crippen molar-refractivity contribution in [1.29, 1.82) is 0 Å². The summed E-state index contributed by atoms with van der Waals surface area (Å²) in [5.41, 5.74) is 1.97. The molecule has 0 bridgehead atoms. The van der Waals surface area contributed by atoms with Gasteiger partial charge >= 0.3 is 0 Å². The Hall–Kier alpha value is -1.78. The molecule has 1 amide bonds. The lowest BCUT2D eigenvalue weighted by molar-refractivity contribution is -0.113. The number of thioether (sulfide) groups is 1. The second kappa shape index (κ2) is 7.72. The first-order chi connectivity index (χ1) is 9.79. The number of benzene rings is 2. The van der Waals surface area contributed by atoms with Crippen LogP contribution in [0.4, 0.5) is 5.69 Å². The number of anilines is 1. The molecular weight excluding hydrogens is 268 g/mol. The number of carbonyl (C=O) groups excluding carboxylic acids is 1. The number of hydrogen-bond donors (Lipinski definition) is 2. The van der Waals surface area contributed by atoms with Crippen LogP contribution in [-0.2, 0) is 11.3 Å². The fraction of sp³-hybridized carbons (Fsp3) is 0.188. The maximum absolute atomic E-state index is 12.0. The van der Waals surface area contributed by atoms with E-state index in [0.717, 1.165) is 22.7 Å². The number of para-hydroxylation sites is 1. The molecule has 0 aromatic heterocycles. The summed E-state index contributed by atoms with van der Waals surface area (Å²) < 4.78 is 0. The molecule has 0 unspecified atom stereocenters. The third kappa shape index (κ3) is 4.40. The molecule has 0 aliphatic heterocycles. The van der Waals surface area contributed by atoms with Crippen LogP contribution in [0.3, 0.4) is 0 Å². The van der Waals surface area contributed by atoms with Crippen molar-refractivity contribution in [1.82, 2.24) is 5.32 Å². The van der Waals surface area contributed by atoms with E-state index in [9.17, 15) is 4.79 Å². The normalized spacial score (nSPS) is 10.2. The van der Waals surface area contributed by atoms with Crippen LogP contribution in [0, 0.1) is 0 Å². The van der Waals surface area contributed by atoms with Gasteiger partial charge in [0.25, 0.3) is 0 Å². The van der Waals surface area contributed by atoms with Gasteiger partial charge < -0.3 is 10.6 Å². The van der Waals surface area contributed by atoms with Crippen LogP contribution in [0.25, 0.3) is 0 Å². The highest BCUT2D eigenvalue weighted by Gasteiger charge is 2.06. The van der Waals surface area contributed by atoms with E-state index in [1.807, 2.05) is 61.6 Å². The smallest absolute Gasteiger partial charge is 0.234 e. The van der Waals surface area contributed by atoms with Gasteiger partial charge in [0.2, 0.25) is 5.91 Å². The Balaban J connectivity index is 1.91. The van der Waals surface area contributed by atoms with E-state index >= 15 is 0 Å². The summed E-state index contributed by atoms with van der Waals surface area (Å²) in [5.74, 6) is 0.431. The monoisotopic (exact) mass is 286 g/mol. The van der Waals surface area contributed by atoms with Gasteiger partial charge in [0.05, 0.1) is 5.75 Å². The Morgan fingerprint density at radius 1 is 1.05 bits per heavy atom. The molecule has 0 saturated carbocycles. The number of rotatable bonds is 6. The zero-order valence-corrected chi connectivity index (χ0v) is 12.2. The van der Waals surface area contributed by atoms with Gasteiger partial charge in [0.15, 0.2) is 0 Å². The summed E-state index contributed by atoms with van der Waals surface area (Å²) in [6.07, 6.45) is 0. The van der Waals surface area contributed by atoms with Crippen molar-refractivity contribution in [2.75, 3.05) is 18.1 Å². The summed E-state index contributed by atoms with van der Waals surface area (Å²) in [7, 11) is 1.89. The number of nitrogens with one attached hydrogen (secondary N) is 2. The molecule has 3 nitrogen and oxygen atoms in total. The first-order valence-electron chi connectivity index (χ1n) is 6.50. The molecule has 2 aromatic carbocycles. The summed E-state index contributed by atoms with van der Waals surface area (Å²) in [6.45, 7) is 0.738. The summed E-state index contributed by atoms with van der Waals surface area (Å²) >= 11 is 1.54. The maximum atomic E-state index is 12.0. The van der Waals surface area contributed by atoms with Crippen molar-refractivity contribution in [2.45, 2.75) is 11.4 Å². The standard InChI is InChI=1S/C16H18N2OS/c1-17-11-13-7-5-6-10-15(13)18-16(19)12-20-14-8-3-2-4-9-14/h2-10,17H,11-12H2,1H3,(H,18,19). The molecule has 0 atom stereocenters. The Bertz CT molecular complexity index is 557. The van der Waals surface area contributed by atoms with E-state index in [2.05, 4.69) is 10.6 Å². The van der Waals surface area contributed by atoms with E-state index < -0.39 is 0 Å². The van der Waals surface area contributed by atoms with Crippen LogP contribution >= 0.6 is 11.8 Å². The van der Waals surface area contributed by atoms with Crippen molar-refractivity contribution in [2.24, 2.45) is 0 Å². The molecule has 0 spiro atoms. The fourth-order valence-corrected chi connectivity index (χ4v) is 2.56. The molecular formula is C16H18N2OS. The molecule has 0 heterocycles. The van der Waals surface area contributed by atoms with Gasteiger partial charge in [0.1, 0.15) is 0 Å². The average Bonchev–Trinajstić information content (AvgIpc) is 2.49. The van der Waals surface area contributed by atoms with Crippen molar-refractivity contribution in [3.05, 3.63) is 60.2 Å². The van der Waals surface area contributed by atoms with E-state index in [1.54, 1.807) is 0 Å². The van der Waals surface area contributed by atoms with Gasteiger partial charge in [-0.15, -0.1) is 11.8 Å². The lowest BCUT2D eigenvalue weighted by Gasteiger charge is -2.10. The molecule has 104 valence electrons.